The fourth-order valence-electron chi connectivity index (χ4n) is 2.89. The molecule has 1 aromatic heterocycles. The van der Waals surface area contributed by atoms with E-state index in [0.29, 0.717) is 17.4 Å². The Kier molecular flexibility index (Phi) is 6.47. The van der Waals surface area contributed by atoms with Crippen LogP contribution in [0, 0.1) is 13.8 Å². The number of hydrogen-bond acceptors (Lipinski definition) is 4. The van der Waals surface area contributed by atoms with Crippen LogP contribution in [0.5, 0.6) is 5.75 Å². The average Bonchev–Trinajstić information content (AvgIpc) is 3.07. The molecule has 0 aliphatic carbocycles. The zero-order chi connectivity index (χ0) is 20.1. The molecule has 3 rings (SSSR count). The zero-order valence-electron chi connectivity index (χ0n) is 16.8. The largest absolute Gasteiger partial charge is 0.486 e. The van der Waals surface area contributed by atoms with Gasteiger partial charge in [0.25, 0.3) is 5.91 Å². The molecule has 0 aliphatic rings. The maximum atomic E-state index is 12.7. The number of aryl methyl sites for hydroxylation is 2. The smallest absolute Gasteiger partial charge is 0.267 e. The van der Waals surface area contributed by atoms with Gasteiger partial charge in [0.15, 0.2) is 0 Å². The van der Waals surface area contributed by atoms with Gasteiger partial charge in [0.05, 0.1) is 5.69 Å². The molecule has 0 bridgehead atoms. The Bertz CT molecular complexity index is 947. The minimum absolute atomic E-state index is 0.131. The molecule has 1 amide bonds. The molecule has 0 saturated carbocycles. The van der Waals surface area contributed by atoms with E-state index in [1.807, 2.05) is 50.2 Å². The lowest BCUT2D eigenvalue weighted by Crippen LogP contribution is -2.11. The molecule has 3 aromatic rings. The molecule has 0 aliphatic heterocycles. The van der Waals surface area contributed by atoms with Crippen LogP contribution in [0.3, 0.4) is 0 Å². The van der Waals surface area contributed by atoms with Gasteiger partial charge in [0, 0.05) is 5.69 Å². The molecule has 1 heterocycles. The fourth-order valence-corrected chi connectivity index (χ4v) is 3.77. The maximum absolute atomic E-state index is 12.7. The van der Waals surface area contributed by atoms with E-state index in [1.54, 1.807) is 0 Å². The monoisotopic (exact) mass is 394 g/mol. The highest BCUT2D eigenvalue weighted by Gasteiger charge is 2.16. The van der Waals surface area contributed by atoms with Crippen molar-refractivity contribution in [3.63, 3.8) is 0 Å². The summed E-state index contributed by atoms with van der Waals surface area (Å²) in [4.78, 5) is 17.8. The molecule has 0 saturated heterocycles. The van der Waals surface area contributed by atoms with E-state index in [1.165, 1.54) is 16.9 Å². The molecule has 4 nitrogen and oxygen atoms in total. The van der Waals surface area contributed by atoms with Gasteiger partial charge in [-0.3, -0.25) is 4.79 Å². The van der Waals surface area contributed by atoms with E-state index >= 15 is 0 Å². The second kappa shape index (κ2) is 9.02. The highest BCUT2D eigenvalue weighted by Crippen LogP contribution is 2.24. The number of benzene rings is 2. The summed E-state index contributed by atoms with van der Waals surface area (Å²) in [6.07, 6.45) is 1.10. The van der Waals surface area contributed by atoms with Crippen molar-refractivity contribution >= 4 is 22.9 Å². The van der Waals surface area contributed by atoms with Gasteiger partial charge in [-0.05, 0) is 61.6 Å². The van der Waals surface area contributed by atoms with Crippen LogP contribution < -0.4 is 10.1 Å². The van der Waals surface area contributed by atoms with Crippen molar-refractivity contribution in [2.75, 3.05) is 5.32 Å². The van der Waals surface area contributed by atoms with Crippen LogP contribution in [0.2, 0.25) is 0 Å². The minimum Gasteiger partial charge on any atom is -0.486 e. The van der Waals surface area contributed by atoms with E-state index in [2.05, 4.69) is 36.3 Å². The number of hydrogen-bond donors (Lipinski definition) is 1. The minimum atomic E-state index is -0.131. The lowest BCUT2D eigenvalue weighted by Gasteiger charge is -2.10. The molecule has 5 heteroatoms. The molecule has 2 aromatic carbocycles. The SMILES string of the molecule is CC[C@H](C)c1ccc(NC(=O)c2sc(COc3cccc(C)c3)nc2C)cc1. The number of rotatable bonds is 7. The predicted molar refractivity (Wildman–Crippen MR) is 115 cm³/mol. The summed E-state index contributed by atoms with van der Waals surface area (Å²) in [7, 11) is 0. The predicted octanol–water partition coefficient (Wildman–Crippen LogP) is 6.10. The van der Waals surface area contributed by atoms with Crippen molar-refractivity contribution in [2.45, 2.75) is 46.6 Å². The number of anilines is 1. The molecule has 0 fully saturated rings. The quantitative estimate of drug-likeness (QED) is 0.526. The highest BCUT2D eigenvalue weighted by molar-refractivity contribution is 7.13. The van der Waals surface area contributed by atoms with Gasteiger partial charge >= 0.3 is 0 Å². The number of thiazole rings is 1. The summed E-state index contributed by atoms with van der Waals surface area (Å²) in [6, 6.07) is 16.0. The van der Waals surface area contributed by atoms with Gasteiger partial charge in [0.1, 0.15) is 22.2 Å². The Balaban J connectivity index is 1.64. The first kappa shape index (κ1) is 20.1. The summed E-state index contributed by atoms with van der Waals surface area (Å²) < 4.78 is 5.80. The molecule has 1 atom stereocenters. The number of nitrogens with one attached hydrogen (secondary N) is 1. The second-order valence-electron chi connectivity index (χ2n) is 7.01. The molecule has 28 heavy (non-hydrogen) atoms. The number of carbonyl (C=O) groups is 1. The number of nitrogens with zero attached hydrogens (tertiary/aromatic N) is 1. The summed E-state index contributed by atoms with van der Waals surface area (Å²) >= 11 is 1.37. The number of amides is 1. The van der Waals surface area contributed by atoms with E-state index in [0.717, 1.165) is 34.1 Å². The van der Waals surface area contributed by atoms with E-state index < -0.39 is 0 Å². The summed E-state index contributed by atoms with van der Waals surface area (Å²) in [5, 5.41) is 3.76. The van der Waals surface area contributed by atoms with E-state index in [-0.39, 0.29) is 5.91 Å². The molecule has 146 valence electrons. The van der Waals surface area contributed by atoms with Gasteiger partial charge in [-0.25, -0.2) is 4.98 Å². The van der Waals surface area contributed by atoms with Crippen molar-refractivity contribution in [1.29, 1.82) is 0 Å². The van der Waals surface area contributed by atoms with Crippen molar-refractivity contribution in [2.24, 2.45) is 0 Å². The van der Waals surface area contributed by atoms with Crippen LogP contribution >= 0.6 is 11.3 Å². The molecular weight excluding hydrogens is 368 g/mol. The number of aromatic nitrogens is 1. The number of ether oxygens (including phenoxy) is 1. The lowest BCUT2D eigenvalue weighted by atomic mass is 9.99. The van der Waals surface area contributed by atoms with Crippen LogP contribution in [0.15, 0.2) is 48.5 Å². The molecule has 1 N–H and O–H groups in total. The molecule has 0 spiro atoms. The number of carbonyl (C=O) groups excluding carboxylic acids is 1. The Morgan fingerprint density at radius 1 is 1.18 bits per heavy atom. The first-order chi connectivity index (χ1) is 13.5. The van der Waals surface area contributed by atoms with Gasteiger partial charge in [-0.15, -0.1) is 11.3 Å². The Morgan fingerprint density at radius 3 is 2.61 bits per heavy atom. The lowest BCUT2D eigenvalue weighted by molar-refractivity contribution is 0.103. The Labute approximate surface area is 170 Å². The third-order valence-electron chi connectivity index (χ3n) is 4.75. The molecule has 0 unspecified atom stereocenters. The highest BCUT2D eigenvalue weighted by atomic mass is 32.1. The Hall–Kier alpha value is -2.66. The van der Waals surface area contributed by atoms with Crippen LogP contribution in [0.25, 0.3) is 0 Å². The Morgan fingerprint density at radius 2 is 1.93 bits per heavy atom. The van der Waals surface area contributed by atoms with Crippen molar-refractivity contribution in [1.82, 2.24) is 4.98 Å². The summed E-state index contributed by atoms with van der Waals surface area (Å²) in [6.45, 7) is 8.61. The normalized spacial score (nSPS) is 11.9. The van der Waals surface area contributed by atoms with Crippen molar-refractivity contribution < 1.29 is 9.53 Å². The van der Waals surface area contributed by atoms with Crippen LogP contribution in [0.1, 0.15) is 57.7 Å². The third kappa shape index (κ3) is 4.98. The third-order valence-corrected chi connectivity index (χ3v) is 5.88. The molecule has 0 radical (unpaired) electrons. The van der Waals surface area contributed by atoms with Crippen molar-refractivity contribution in [3.8, 4) is 5.75 Å². The maximum Gasteiger partial charge on any atom is 0.267 e. The summed E-state index contributed by atoms with van der Waals surface area (Å²) in [5.41, 5.74) is 3.95. The van der Waals surface area contributed by atoms with Crippen LogP contribution in [-0.2, 0) is 6.61 Å². The standard InChI is InChI=1S/C23H26N2O2S/c1-5-16(3)18-9-11-19(12-10-18)25-23(26)22-17(4)24-21(28-22)14-27-20-8-6-7-15(2)13-20/h6-13,16H,5,14H2,1-4H3,(H,25,26)/t16-/m0/s1. The van der Waals surface area contributed by atoms with Gasteiger partial charge in [0.2, 0.25) is 0 Å². The van der Waals surface area contributed by atoms with Crippen LogP contribution in [0.4, 0.5) is 5.69 Å². The summed E-state index contributed by atoms with van der Waals surface area (Å²) in [5.74, 6) is 1.19. The average molecular weight is 395 g/mol. The van der Waals surface area contributed by atoms with Gasteiger partial charge in [-0.1, -0.05) is 38.1 Å². The zero-order valence-corrected chi connectivity index (χ0v) is 17.6. The van der Waals surface area contributed by atoms with Gasteiger partial charge in [-0.2, -0.15) is 0 Å². The van der Waals surface area contributed by atoms with Gasteiger partial charge < -0.3 is 10.1 Å². The first-order valence-corrected chi connectivity index (χ1v) is 10.3. The van der Waals surface area contributed by atoms with Crippen molar-refractivity contribution in [3.05, 3.63) is 75.2 Å². The van der Waals surface area contributed by atoms with Crippen LogP contribution in [-0.4, -0.2) is 10.9 Å². The second-order valence-corrected chi connectivity index (χ2v) is 8.10. The fraction of sp³-hybridized carbons (Fsp3) is 0.304. The first-order valence-electron chi connectivity index (χ1n) is 9.53. The van der Waals surface area contributed by atoms with E-state index in [9.17, 15) is 4.79 Å². The topological polar surface area (TPSA) is 51.2 Å². The molecular formula is C23H26N2O2S. The van der Waals surface area contributed by atoms with E-state index in [4.69, 9.17) is 4.74 Å².